The maximum atomic E-state index is 13.0. The highest BCUT2D eigenvalue weighted by Crippen LogP contribution is 2.30. The maximum absolute atomic E-state index is 13.0. The van der Waals surface area contributed by atoms with Crippen LogP contribution in [0.1, 0.15) is 11.3 Å². The third-order valence-electron chi connectivity index (χ3n) is 4.67. The minimum atomic E-state index is -0.363. The first-order valence-electron chi connectivity index (χ1n) is 9.64. The number of rotatable bonds is 7. The second-order valence-corrected chi connectivity index (χ2v) is 6.86. The lowest BCUT2D eigenvalue weighted by atomic mass is 10.2. The molecule has 2 heterocycles. The van der Waals surface area contributed by atoms with E-state index < -0.39 is 0 Å². The van der Waals surface area contributed by atoms with Gasteiger partial charge in [-0.3, -0.25) is 4.79 Å². The Morgan fingerprint density at radius 3 is 2.45 bits per heavy atom. The molecule has 0 aliphatic rings. The Morgan fingerprint density at radius 2 is 1.77 bits per heavy atom. The second kappa shape index (κ2) is 8.74. The number of hydrogen-bond donors (Lipinski definition) is 0. The van der Waals surface area contributed by atoms with Gasteiger partial charge in [-0.15, -0.1) is 5.10 Å². The minimum absolute atomic E-state index is 0.107. The molecule has 0 amide bonds. The Morgan fingerprint density at radius 1 is 0.968 bits per heavy atom. The van der Waals surface area contributed by atoms with Crippen molar-refractivity contribution in [1.29, 1.82) is 0 Å². The number of hydrogen-bond acceptors (Lipinski definition) is 6. The molecule has 2 aromatic carbocycles. The van der Waals surface area contributed by atoms with Crippen molar-refractivity contribution in [2.45, 2.75) is 13.5 Å². The van der Waals surface area contributed by atoms with Gasteiger partial charge >= 0.3 is 5.56 Å². The van der Waals surface area contributed by atoms with Crippen molar-refractivity contribution in [2.75, 3.05) is 14.2 Å². The van der Waals surface area contributed by atoms with Crippen molar-refractivity contribution >= 4 is 0 Å². The van der Waals surface area contributed by atoms with Crippen LogP contribution in [0.4, 0.5) is 0 Å². The molecule has 31 heavy (non-hydrogen) atoms. The number of ether oxygens (including phenoxy) is 3. The molecule has 0 spiro atoms. The average molecular weight is 418 g/mol. The monoisotopic (exact) mass is 418 g/mol. The van der Waals surface area contributed by atoms with Crippen LogP contribution in [0.15, 0.2) is 71.9 Å². The first-order valence-corrected chi connectivity index (χ1v) is 9.64. The lowest BCUT2D eigenvalue weighted by Crippen LogP contribution is -2.24. The lowest BCUT2D eigenvalue weighted by molar-refractivity contribution is 0.367. The highest BCUT2D eigenvalue weighted by atomic mass is 16.5. The van der Waals surface area contributed by atoms with Crippen molar-refractivity contribution in [1.82, 2.24) is 19.3 Å². The van der Waals surface area contributed by atoms with Crippen molar-refractivity contribution in [3.63, 3.8) is 0 Å². The molecule has 0 N–H and O–H groups in total. The van der Waals surface area contributed by atoms with E-state index in [2.05, 4.69) is 10.1 Å². The summed E-state index contributed by atoms with van der Waals surface area (Å²) in [7, 11) is 3.07. The molecule has 4 aromatic rings. The fraction of sp³-hybridized carbons (Fsp3) is 0.174. The summed E-state index contributed by atoms with van der Waals surface area (Å²) in [5, 5.41) is 4.25. The largest absolute Gasteiger partial charge is 0.494 e. The van der Waals surface area contributed by atoms with Crippen LogP contribution < -0.4 is 19.8 Å². The normalized spacial score (nSPS) is 10.7. The van der Waals surface area contributed by atoms with Crippen LogP contribution in [0, 0.1) is 6.92 Å². The zero-order valence-electron chi connectivity index (χ0n) is 17.5. The molecule has 158 valence electrons. The number of nitrogens with zero attached hydrogens (tertiary/aromatic N) is 4. The molecule has 0 aliphatic heterocycles. The van der Waals surface area contributed by atoms with Gasteiger partial charge in [-0.1, -0.05) is 30.3 Å². The van der Waals surface area contributed by atoms with Crippen molar-refractivity contribution in [3.8, 4) is 28.8 Å². The summed E-state index contributed by atoms with van der Waals surface area (Å²) in [6.45, 7) is 2.22. The third kappa shape index (κ3) is 4.42. The van der Waals surface area contributed by atoms with Gasteiger partial charge in [-0.05, 0) is 24.6 Å². The zero-order chi connectivity index (χ0) is 21.8. The Bertz CT molecular complexity index is 1250. The van der Waals surface area contributed by atoms with Crippen LogP contribution in [0.25, 0.3) is 5.69 Å². The zero-order valence-corrected chi connectivity index (χ0v) is 17.5. The van der Waals surface area contributed by atoms with Gasteiger partial charge in [-0.2, -0.15) is 0 Å². The van der Waals surface area contributed by atoms with E-state index in [1.54, 1.807) is 25.6 Å². The topological polar surface area (TPSA) is 80.4 Å². The van der Waals surface area contributed by atoms with Crippen LogP contribution in [0.2, 0.25) is 0 Å². The average Bonchev–Trinajstić information content (AvgIpc) is 3.23. The molecular weight excluding hydrogens is 396 g/mol. The Kier molecular flexibility index (Phi) is 5.70. The van der Waals surface area contributed by atoms with E-state index in [-0.39, 0.29) is 17.2 Å². The molecule has 4 rings (SSSR count). The number of aryl methyl sites for hydroxylation is 1. The van der Waals surface area contributed by atoms with Gasteiger partial charge in [0.15, 0.2) is 5.75 Å². The van der Waals surface area contributed by atoms with Crippen LogP contribution >= 0.6 is 0 Å². The number of benzene rings is 2. The van der Waals surface area contributed by atoms with Crippen LogP contribution in [0.5, 0.6) is 23.1 Å². The molecule has 0 bridgehead atoms. The molecule has 0 radical (unpaired) electrons. The predicted octanol–water partition coefficient (Wildman–Crippen LogP) is 3.60. The summed E-state index contributed by atoms with van der Waals surface area (Å²) >= 11 is 0. The van der Waals surface area contributed by atoms with Crippen LogP contribution in [0.3, 0.4) is 0 Å². The molecule has 8 heteroatoms. The molecule has 2 aromatic heterocycles. The molecule has 0 atom stereocenters. The number of imidazole rings is 1. The molecule has 8 nitrogen and oxygen atoms in total. The van der Waals surface area contributed by atoms with Gasteiger partial charge in [-0.25, -0.2) is 9.67 Å². The fourth-order valence-electron chi connectivity index (χ4n) is 3.15. The van der Waals surface area contributed by atoms with Crippen molar-refractivity contribution in [3.05, 3.63) is 88.7 Å². The lowest BCUT2D eigenvalue weighted by Gasteiger charge is -2.13. The smallest absolute Gasteiger partial charge is 0.310 e. The van der Waals surface area contributed by atoms with Gasteiger partial charge in [0.25, 0.3) is 0 Å². The number of aromatic nitrogens is 4. The SMILES string of the molecule is COc1cc(Oc2ccc(-n3cnc(C)c3)c(OC)c2)c(=O)n(Cc2ccccc2)n1. The van der Waals surface area contributed by atoms with E-state index in [4.69, 9.17) is 14.2 Å². The summed E-state index contributed by atoms with van der Waals surface area (Å²) in [6, 6.07) is 16.4. The highest BCUT2D eigenvalue weighted by Gasteiger charge is 2.14. The fourth-order valence-corrected chi connectivity index (χ4v) is 3.15. The summed E-state index contributed by atoms with van der Waals surface area (Å²) in [4.78, 5) is 17.2. The van der Waals surface area contributed by atoms with E-state index in [0.29, 0.717) is 18.0 Å². The summed E-state index contributed by atoms with van der Waals surface area (Å²) in [6.07, 6.45) is 3.61. The van der Waals surface area contributed by atoms with Gasteiger partial charge in [0.2, 0.25) is 5.88 Å². The van der Waals surface area contributed by atoms with Gasteiger partial charge < -0.3 is 18.8 Å². The van der Waals surface area contributed by atoms with E-state index in [9.17, 15) is 4.79 Å². The standard InChI is InChI=1S/C23H22N4O4/c1-16-13-26(15-24-16)19-10-9-18(11-20(19)29-2)31-21-12-22(30-3)25-27(23(21)28)14-17-7-5-4-6-8-17/h4-13,15H,14H2,1-3H3. The van der Waals surface area contributed by atoms with E-state index in [1.165, 1.54) is 17.9 Å². The third-order valence-corrected chi connectivity index (χ3v) is 4.67. The maximum Gasteiger partial charge on any atom is 0.310 e. The number of methoxy groups -OCH3 is 2. The summed E-state index contributed by atoms with van der Waals surface area (Å²) in [5.74, 6) is 1.42. The van der Waals surface area contributed by atoms with E-state index in [0.717, 1.165) is 16.9 Å². The Labute approximate surface area is 179 Å². The predicted molar refractivity (Wildman–Crippen MR) is 116 cm³/mol. The first kappa shape index (κ1) is 20.2. The molecule has 0 saturated heterocycles. The summed E-state index contributed by atoms with van der Waals surface area (Å²) < 4.78 is 19.9. The van der Waals surface area contributed by atoms with Crippen LogP contribution in [-0.2, 0) is 6.54 Å². The van der Waals surface area contributed by atoms with Gasteiger partial charge in [0.05, 0.1) is 44.5 Å². The highest BCUT2D eigenvalue weighted by molar-refractivity contribution is 5.52. The molecule has 0 saturated carbocycles. The molecular formula is C23H22N4O4. The van der Waals surface area contributed by atoms with Gasteiger partial charge in [0, 0.05) is 12.3 Å². The molecule has 0 unspecified atom stereocenters. The minimum Gasteiger partial charge on any atom is -0.494 e. The Balaban J connectivity index is 1.67. The Hall–Kier alpha value is -4.07. The van der Waals surface area contributed by atoms with Crippen LogP contribution in [-0.4, -0.2) is 33.6 Å². The molecule has 0 fully saturated rings. The van der Waals surface area contributed by atoms with Crippen molar-refractivity contribution in [2.24, 2.45) is 0 Å². The quantitative estimate of drug-likeness (QED) is 0.456. The molecule has 0 aliphatic carbocycles. The second-order valence-electron chi connectivity index (χ2n) is 6.86. The summed E-state index contributed by atoms with van der Waals surface area (Å²) in [5.41, 5.74) is 2.28. The van der Waals surface area contributed by atoms with Crippen molar-refractivity contribution < 1.29 is 14.2 Å². The van der Waals surface area contributed by atoms with E-state index in [1.807, 2.05) is 54.1 Å². The first-order chi connectivity index (χ1) is 15.1. The van der Waals surface area contributed by atoms with E-state index >= 15 is 0 Å². The van der Waals surface area contributed by atoms with Gasteiger partial charge in [0.1, 0.15) is 11.5 Å².